The molecule has 0 aliphatic heterocycles. The number of nitrogens with zero attached hydrogens (tertiary/aromatic N) is 4. The van der Waals surface area contributed by atoms with Crippen molar-refractivity contribution in [2.75, 3.05) is 10.6 Å². The Hall–Kier alpha value is -2.91. The van der Waals surface area contributed by atoms with Gasteiger partial charge < -0.3 is 10.6 Å². The van der Waals surface area contributed by atoms with Crippen LogP contribution in [0.2, 0.25) is 0 Å². The standard InChI is InChI=1S/C21H22N6OS2/c1-5-16(28)19-12(4)30-20(27-19)13-9-22-18(8-15(13)24-11(2)3)25-17-7-6-14-21(26-17)29-10-23-14/h6-11H,5H2,1-4H3,(H2,22,24,25,26). The number of fused-ring (bicyclic) bond motifs is 1. The van der Waals surface area contributed by atoms with Crippen LogP contribution in [0.4, 0.5) is 17.3 Å². The third-order valence-corrected chi connectivity index (χ3v) is 6.15. The number of aromatic nitrogens is 4. The van der Waals surface area contributed by atoms with Crippen molar-refractivity contribution in [3.8, 4) is 10.6 Å². The van der Waals surface area contributed by atoms with Crippen molar-refractivity contribution >= 4 is 56.1 Å². The normalized spacial score (nSPS) is 11.2. The van der Waals surface area contributed by atoms with Gasteiger partial charge in [-0.1, -0.05) is 6.92 Å². The Morgan fingerprint density at radius 3 is 2.77 bits per heavy atom. The van der Waals surface area contributed by atoms with Gasteiger partial charge in [-0.05, 0) is 32.9 Å². The molecule has 154 valence electrons. The van der Waals surface area contributed by atoms with E-state index in [1.165, 1.54) is 22.7 Å². The monoisotopic (exact) mass is 438 g/mol. The van der Waals surface area contributed by atoms with Gasteiger partial charge >= 0.3 is 0 Å². The number of thiazole rings is 2. The number of pyridine rings is 2. The number of Topliss-reactive ketones (excluding diaryl/α,β-unsaturated/α-hetero) is 1. The van der Waals surface area contributed by atoms with E-state index < -0.39 is 0 Å². The highest BCUT2D eigenvalue weighted by Gasteiger charge is 2.18. The van der Waals surface area contributed by atoms with Crippen molar-refractivity contribution < 1.29 is 4.79 Å². The second-order valence-corrected chi connectivity index (χ2v) is 9.15. The summed E-state index contributed by atoms with van der Waals surface area (Å²) in [6.07, 6.45) is 2.23. The predicted octanol–water partition coefficient (Wildman–Crippen LogP) is 5.67. The van der Waals surface area contributed by atoms with E-state index in [1.807, 2.05) is 32.0 Å². The highest BCUT2D eigenvalue weighted by molar-refractivity contribution is 7.16. The molecule has 9 heteroatoms. The molecule has 0 saturated heterocycles. The lowest BCUT2D eigenvalue weighted by Crippen LogP contribution is -2.11. The molecule has 0 saturated carbocycles. The summed E-state index contributed by atoms with van der Waals surface area (Å²) in [6, 6.07) is 6.00. The van der Waals surface area contributed by atoms with E-state index in [9.17, 15) is 4.79 Å². The molecule has 0 aromatic carbocycles. The fourth-order valence-corrected chi connectivity index (χ4v) is 4.63. The molecule has 7 nitrogen and oxygen atoms in total. The van der Waals surface area contributed by atoms with Crippen molar-refractivity contribution in [3.63, 3.8) is 0 Å². The first-order valence-electron chi connectivity index (χ1n) is 9.69. The number of carbonyl (C=O) groups is 1. The summed E-state index contributed by atoms with van der Waals surface area (Å²) in [4.78, 5) is 32.0. The van der Waals surface area contributed by atoms with Gasteiger partial charge in [0.25, 0.3) is 0 Å². The minimum atomic E-state index is 0.0594. The maximum Gasteiger partial charge on any atom is 0.182 e. The minimum Gasteiger partial charge on any atom is -0.382 e. The third-order valence-electron chi connectivity index (χ3n) is 4.41. The van der Waals surface area contributed by atoms with Crippen LogP contribution in [0.1, 0.15) is 42.6 Å². The van der Waals surface area contributed by atoms with Crippen LogP contribution >= 0.6 is 22.7 Å². The second-order valence-electron chi connectivity index (χ2n) is 7.11. The van der Waals surface area contributed by atoms with Crippen molar-refractivity contribution in [2.24, 2.45) is 0 Å². The SMILES string of the molecule is CCC(=O)c1nc(-c2cnc(Nc3ccc4ncsc4n3)cc2NC(C)C)sc1C. The molecular formula is C21H22N6OS2. The molecule has 0 aliphatic carbocycles. The van der Waals surface area contributed by atoms with E-state index in [4.69, 9.17) is 0 Å². The van der Waals surface area contributed by atoms with Crippen molar-refractivity contribution in [2.45, 2.75) is 40.2 Å². The molecule has 0 bridgehead atoms. The van der Waals surface area contributed by atoms with Gasteiger partial charge in [0.15, 0.2) is 5.78 Å². The van der Waals surface area contributed by atoms with Gasteiger partial charge in [0.2, 0.25) is 0 Å². The molecule has 30 heavy (non-hydrogen) atoms. The summed E-state index contributed by atoms with van der Waals surface area (Å²) in [5, 5.41) is 7.52. The highest BCUT2D eigenvalue weighted by atomic mass is 32.1. The fourth-order valence-electron chi connectivity index (χ4n) is 3.01. The van der Waals surface area contributed by atoms with Crippen LogP contribution in [-0.2, 0) is 0 Å². The molecule has 4 aromatic heterocycles. The minimum absolute atomic E-state index is 0.0594. The van der Waals surface area contributed by atoms with E-state index in [1.54, 1.807) is 11.7 Å². The predicted molar refractivity (Wildman–Crippen MR) is 124 cm³/mol. The average Bonchev–Trinajstić information content (AvgIpc) is 3.33. The molecule has 4 aromatic rings. The maximum atomic E-state index is 12.2. The second kappa shape index (κ2) is 8.45. The number of aryl methyl sites for hydroxylation is 1. The van der Waals surface area contributed by atoms with Crippen LogP contribution in [-0.4, -0.2) is 31.8 Å². The van der Waals surface area contributed by atoms with Crippen molar-refractivity contribution in [3.05, 3.63) is 40.5 Å². The topological polar surface area (TPSA) is 92.7 Å². The summed E-state index contributed by atoms with van der Waals surface area (Å²) >= 11 is 3.02. The molecule has 4 rings (SSSR count). The van der Waals surface area contributed by atoms with Gasteiger partial charge in [-0.25, -0.2) is 19.9 Å². The first-order valence-corrected chi connectivity index (χ1v) is 11.4. The van der Waals surface area contributed by atoms with Gasteiger partial charge in [0, 0.05) is 35.3 Å². The summed E-state index contributed by atoms with van der Waals surface area (Å²) in [5.41, 5.74) is 5.01. The maximum absolute atomic E-state index is 12.2. The van der Waals surface area contributed by atoms with Gasteiger partial charge in [-0.15, -0.1) is 22.7 Å². The van der Waals surface area contributed by atoms with Crippen LogP contribution < -0.4 is 10.6 Å². The lowest BCUT2D eigenvalue weighted by molar-refractivity contribution is 0.0983. The Kier molecular flexibility index (Phi) is 5.74. The largest absolute Gasteiger partial charge is 0.382 e. The van der Waals surface area contributed by atoms with E-state index >= 15 is 0 Å². The van der Waals surface area contributed by atoms with E-state index in [2.05, 4.69) is 44.4 Å². The van der Waals surface area contributed by atoms with Crippen molar-refractivity contribution in [1.29, 1.82) is 0 Å². The van der Waals surface area contributed by atoms with Crippen molar-refractivity contribution in [1.82, 2.24) is 19.9 Å². The quantitative estimate of drug-likeness (QED) is 0.359. The summed E-state index contributed by atoms with van der Waals surface area (Å²) in [6.45, 7) is 7.95. The first-order chi connectivity index (χ1) is 14.4. The third kappa shape index (κ3) is 4.17. The molecular weight excluding hydrogens is 416 g/mol. The Balaban J connectivity index is 1.69. The zero-order valence-corrected chi connectivity index (χ0v) is 18.8. The molecule has 2 N–H and O–H groups in total. The number of anilines is 3. The molecule has 0 amide bonds. The average molecular weight is 439 g/mol. The summed E-state index contributed by atoms with van der Waals surface area (Å²) in [5.74, 6) is 1.45. The molecule has 0 radical (unpaired) electrons. The lowest BCUT2D eigenvalue weighted by atomic mass is 10.2. The number of hydrogen-bond acceptors (Lipinski definition) is 9. The van der Waals surface area contributed by atoms with Crippen LogP contribution in [0, 0.1) is 6.92 Å². The molecule has 4 heterocycles. The van der Waals surface area contributed by atoms with Crippen LogP contribution in [0.5, 0.6) is 0 Å². The van der Waals surface area contributed by atoms with Crippen LogP contribution in [0.15, 0.2) is 29.9 Å². The lowest BCUT2D eigenvalue weighted by Gasteiger charge is -2.15. The fraction of sp³-hybridized carbons (Fsp3) is 0.286. The smallest absolute Gasteiger partial charge is 0.182 e. The molecule has 0 unspecified atom stereocenters. The summed E-state index contributed by atoms with van der Waals surface area (Å²) in [7, 11) is 0. The first kappa shape index (κ1) is 20.4. The van der Waals surface area contributed by atoms with E-state index in [-0.39, 0.29) is 11.8 Å². The van der Waals surface area contributed by atoms with E-state index in [0.717, 1.165) is 31.5 Å². The zero-order chi connectivity index (χ0) is 21.3. The Morgan fingerprint density at radius 1 is 1.17 bits per heavy atom. The number of nitrogens with one attached hydrogen (secondary N) is 2. The zero-order valence-electron chi connectivity index (χ0n) is 17.2. The molecule has 0 spiro atoms. The molecule has 0 aliphatic rings. The van der Waals surface area contributed by atoms with Gasteiger partial charge in [0.1, 0.15) is 32.7 Å². The molecule has 0 atom stereocenters. The Labute approximate surface area is 182 Å². The number of rotatable bonds is 7. The van der Waals surface area contributed by atoms with E-state index in [0.29, 0.717) is 23.8 Å². The van der Waals surface area contributed by atoms with Crippen LogP contribution in [0.3, 0.4) is 0 Å². The van der Waals surface area contributed by atoms with Gasteiger partial charge in [-0.2, -0.15) is 0 Å². The highest BCUT2D eigenvalue weighted by Crippen LogP contribution is 2.35. The number of ketones is 1. The Bertz CT molecular complexity index is 1210. The Morgan fingerprint density at radius 2 is 2.00 bits per heavy atom. The number of hydrogen-bond donors (Lipinski definition) is 2. The molecule has 0 fully saturated rings. The summed E-state index contributed by atoms with van der Waals surface area (Å²) < 4.78 is 0. The van der Waals surface area contributed by atoms with Crippen LogP contribution in [0.25, 0.3) is 20.9 Å². The van der Waals surface area contributed by atoms with Gasteiger partial charge in [-0.3, -0.25) is 4.79 Å². The number of carbonyl (C=O) groups excluding carboxylic acids is 1. The van der Waals surface area contributed by atoms with Gasteiger partial charge in [0.05, 0.1) is 11.1 Å².